The van der Waals surface area contributed by atoms with Crippen LogP contribution in [0.25, 0.3) is 0 Å². The standard InChI is InChI=1S/C19H28O6.C18H26O6.C15H22O4.C14H22O4.8CH4/c1-7-17(2,3)15(21)24-18(4,5)16(22)25-19(6)10-8-11-12(9-10)14(20)23-13(11)19;1-6-17(2,3)15(20)24-18(4,5)16(21)23-12-9-7-10-11(8-9)14(19)22-13(10)12;1-5-14(2,3)13(17)18-11-9-6-8-7-10(9)12(16)19-15(8,11)4;1-5-13(2,3)12(16)17-10-8-9-6-7-14(10,4)18-11(9)15;;;;;;;;/h10-13H,7-9H2,1-6H3;9-13H,6-8H2,1-5H3;8-11H,5-7H2,1-4H3;9-10H,5-8H2,1-4H3;8*1H4. The maximum atomic E-state index is 12.8. The Morgan fingerprint density at radius 3 is 1.39 bits per heavy atom. The van der Waals surface area contributed by atoms with Crippen molar-refractivity contribution in [2.75, 3.05) is 0 Å². The lowest BCUT2D eigenvalue weighted by atomic mass is 9.74. The van der Waals surface area contributed by atoms with E-state index in [9.17, 15) is 47.9 Å². The van der Waals surface area contributed by atoms with Gasteiger partial charge in [-0.3, -0.25) is 38.4 Å². The van der Waals surface area contributed by atoms with E-state index in [1.165, 1.54) is 13.8 Å². The van der Waals surface area contributed by atoms with E-state index < -0.39 is 79.6 Å². The van der Waals surface area contributed by atoms with Gasteiger partial charge in [-0.15, -0.1) is 0 Å². The summed E-state index contributed by atoms with van der Waals surface area (Å²) in [4.78, 5) is 121. The first-order chi connectivity index (χ1) is 39.6. The Morgan fingerprint density at radius 2 is 0.904 bits per heavy atom. The normalized spacial score (nSPS) is 33.9. The molecule has 0 aromatic rings. The highest BCUT2D eigenvalue weighted by Crippen LogP contribution is 2.62. The summed E-state index contributed by atoms with van der Waals surface area (Å²) in [6.45, 7) is 34.2. The molecule has 7 aliphatic carbocycles. The smallest absolute Gasteiger partial charge is 0.350 e. The molecule has 0 N–H and O–H groups in total. The topological polar surface area (TPSA) is 263 Å². The van der Waals surface area contributed by atoms with Crippen LogP contribution in [0.2, 0.25) is 0 Å². The summed E-state index contributed by atoms with van der Waals surface area (Å²) in [7, 11) is 0. The Kier molecular flexibility index (Phi) is 28.9. The SMILES string of the molecule is C.C.C.C.C.C.C.C.CCC(C)(C)C(=O)OC(C)(C)C(=O)OC1(C)C2CC3C(=O)OC1C3C2.CCC(C)(C)C(=O)OC(C)(C)C(=O)OC1C2CC3C(=O)OC1C3C2.CCC(C)(C)C(=O)OC1C2CC3CC2C(=O)OC31C.CCC(C)(C)C(=O)OC1CC2CCC1(C)OC2=O. The van der Waals surface area contributed by atoms with E-state index in [0.717, 1.165) is 57.8 Å². The quantitative estimate of drug-likeness (QED) is 0.103. The summed E-state index contributed by atoms with van der Waals surface area (Å²) in [5, 5.41) is 0. The maximum Gasteiger partial charge on any atom is 0.350 e. The van der Waals surface area contributed by atoms with Gasteiger partial charge in [-0.1, -0.05) is 87.1 Å². The molecule has 0 aromatic carbocycles. The summed E-state index contributed by atoms with van der Waals surface area (Å²) >= 11 is 0. The molecule has 6 heterocycles. The predicted octanol–water partition coefficient (Wildman–Crippen LogP) is 14.7. The first kappa shape index (κ1) is 88.7. The third-order valence-electron chi connectivity index (χ3n) is 22.6. The molecular formula is C74H130O20. The second-order valence-electron chi connectivity index (χ2n) is 30.9. The third kappa shape index (κ3) is 16.0. The number of carbonyl (C=O) groups excluding carboxylic acids is 10. The van der Waals surface area contributed by atoms with Crippen molar-refractivity contribution in [3.63, 3.8) is 0 Å². The molecule has 0 amide bonds. The molecule has 10 bridgehead atoms. The van der Waals surface area contributed by atoms with Crippen molar-refractivity contribution < 1.29 is 95.3 Å². The highest BCUT2D eigenvalue weighted by atomic mass is 16.6. The van der Waals surface area contributed by atoms with Gasteiger partial charge >= 0.3 is 59.7 Å². The Balaban J connectivity index is 0.00000120. The molecule has 20 nitrogen and oxygen atoms in total. The van der Waals surface area contributed by atoms with Gasteiger partial charge in [0.15, 0.2) is 0 Å². The van der Waals surface area contributed by atoms with Gasteiger partial charge in [0.1, 0.15) is 47.3 Å². The number of hydrogen-bond donors (Lipinski definition) is 0. The highest BCUT2D eigenvalue weighted by Gasteiger charge is 2.71. The predicted molar refractivity (Wildman–Crippen MR) is 360 cm³/mol. The molecule has 546 valence electrons. The van der Waals surface area contributed by atoms with Crippen molar-refractivity contribution in [3.8, 4) is 0 Å². The average molecular weight is 1340 g/mol. The largest absolute Gasteiger partial charge is 0.458 e. The van der Waals surface area contributed by atoms with E-state index >= 15 is 0 Å². The van der Waals surface area contributed by atoms with Gasteiger partial charge in [-0.05, 0) is 181 Å². The van der Waals surface area contributed by atoms with Crippen LogP contribution >= 0.6 is 0 Å². The molecule has 18 atom stereocenters. The lowest BCUT2D eigenvalue weighted by Gasteiger charge is -2.48. The summed E-state index contributed by atoms with van der Waals surface area (Å²) in [6, 6.07) is 0. The number of carbonyl (C=O) groups is 10. The van der Waals surface area contributed by atoms with E-state index in [1.54, 1.807) is 41.5 Å². The van der Waals surface area contributed by atoms with Crippen LogP contribution in [0.5, 0.6) is 0 Å². The van der Waals surface area contributed by atoms with Crippen molar-refractivity contribution in [1.82, 2.24) is 0 Å². The van der Waals surface area contributed by atoms with Crippen LogP contribution < -0.4 is 0 Å². The number of ether oxygens (including phenoxy) is 10. The first-order valence-electron chi connectivity index (χ1n) is 31.8. The van der Waals surface area contributed by atoms with Crippen LogP contribution in [-0.2, 0) is 95.3 Å². The van der Waals surface area contributed by atoms with Gasteiger partial charge in [0.25, 0.3) is 0 Å². The number of esters is 10. The highest BCUT2D eigenvalue weighted by molar-refractivity contribution is 5.86. The molecule has 94 heavy (non-hydrogen) atoms. The van der Waals surface area contributed by atoms with Gasteiger partial charge in [0.05, 0.1) is 45.3 Å². The molecule has 6 aliphatic heterocycles. The Hall–Kier alpha value is -5.30. The molecule has 7 saturated carbocycles. The molecule has 6 saturated heterocycles. The Bertz CT molecular complexity index is 2740. The maximum absolute atomic E-state index is 12.8. The zero-order chi connectivity index (χ0) is 64.2. The van der Waals surface area contributed by atoms with Crippen LogP contribution in [0.1, 0.15) is 274 Å². The molecular weight excluding hydrogens is 1210 g/mol. The summed E-state index contributed by atoms with van der Waals surface area (Å²) < 4.78 is 55.6. The second kappa shape index (κ2) is 30.6. The monoisotopic (exact) mass is 1340 g/mol. The summed E-state index contributed by atoms with van der Waals surface area (Å²) in [5.74, 6) is -2.04. The van der Waals surface area contributed by atoms with Crippen molar-refractivity contribution >= 4 is 59.7 Å². The molecule has 13 rings (SSSR count). The average Bonchev–Trinajstić information content (AvgIpc) is 1.55. The lowest BCUT2D eigenvalue weighted by Crippen LogP contribution is -2.59. The third-order valence-corrected chi connectivity index (χ3v) is 22.6. The zero-order valence-corrected chi connectivity index (χ0v) is 54.5. The van der Waals surface area contributed by atoms with Crippen molar-refractivity contribution in [3.05, 3.63) is 0 Å². The molecule has 13 aliphatic rings. The van der Waals surface area contributed by atoms with Gasteiger partial charge in [-0.25, -0.2) is 9.59 Å². The Morgan fingerprint density at radius 1 is 0.457 bits per heavy atom. The zero-order valence-electron chi connectivity index (χ0n) is 54.5. The van der Waals surface area contributed by atoms with Gasteiger partial charge in [0.2, 0.25) is 11.2 Å². The van der Waals surface area contributed by atoms with Crippen LogP contribution in [-0.4, -0.2) is 118 Å². The summed E-state index contributed by atoms with van der Waals surface area (Å²) in [5.41, 5.74) is -7.07. The molecule has 20 heteroatoms. The fraction of sp³-hybridized carbons (Fsp3) is 0.865. The summed E-state index contributed by atoms with van der Waals surface area (Å²) in [6.07, 6.45) is 8.28. The van der Waals surface area contributed by atoms with Crippen molar-refractivity contribution in [2.45, 2.75) is 333 Å². The Labute approximate surface area is 566 Å². The van der Waals surface area contributed by atoms with Crippen LogP contribution in [0.15, 0.2) is 0 Å². The minimum absolute atomic E-state index is 0. The number of hydrogen-bond acceptors (Lipinski definition) is 20. The van der Waals surface area contributed by atoms with Crippen molar-refractivity contribution in [1.29, 1.82) is 0 Å². The van der Waals surface area contributed by atoms with Gasteiger partial charge in [0, 0.05) is 41.9 Å². The first-order valence-corrected chi connectivity index (χ1v) is 31.8. The fourth-order valence-corrected chi connectivity index (χ4v) is 14.5. The second-order valence-corrected chi connectivity index (χ2v) is 30.9. The molecule has 0 spiro atoms. The number of rotatable bonds is 16. The fourth-order valence-electron chi connectivity index (χ4n) is 14.5. The molecule has 0 aromatic heterocycles. The molecule has 18 unspecified atom stereocenters. The minimum Gasteiger partial charge on any atom is -0.458 e. The van der Waals surface area contributed by atoms with E-state index in [1.807, 2.05) is 76.2 Å². The lowest BCUT2D eigenvalue weighted by molar-refractivity contribution is -0.224. The number of fused-ring (bicyclic) bond motifs is 6. The van der Waals surface area contributed by atoms with E-state index in [4.69, 9.17) is 47.4 Å². The van der Waals surface area contributed by atoms with Crippen LogP contribution in [0, 0.1) is 80.8 Å². The van der Waals surface area contributed by atoms with E-state index in [2.05, 4.69) is 0 Å². The van der Waals surface area contributed by atoms with E-state index in [-0.39, 0.29) is 173 Å². The van der Waals surface area contributed by atoms with Gasteiger partial charge < -0.3 is 47.4 Å². The minimum atomic E-state index is -1.39. The van der Waals surface area contributed by atoms with E-state index in [0.29, 0.717) is 31.6 Å². The van der Waals surface area contributed by atoms with Gasteiger partial charge in [-0.2, -0.15) is 0 Å². The molecule has 13 fully saturated rings. The van der Waals surface area contributed by atoms with Crippen LogP contribution in [0.3, 0.4) is 0 Å². The molecule has 0 radical (unpaired) electrons. The van der Waals surface area contributed by atoms with Crippen molar-refractivity contribution in [2.24, 2.45) is 80.8 Å². The van der Waals surface area contributed by atoms with Crippen LogP contribution in [0.4, 0.5) is 0 Å².